The van der Waals surface area contributed by atoms with Crippen molar-refractivity contribution in [1.82, 2.24) is 9.97 Å². The normalized spacial score (nSPS) is 10.8. The zero-order chi connectivity index (χ0) is 18.5. The van der Waals surface area contributed by atoms with Gasteiger partial charge >= 0.3 is 0 Å². The van der Waals surface area contributed by atoms with E-state index < -0.39 is 0 Å². The van der Waals surface area contributed by atoms with Gasteiger partial charge < -0.3 is 14.8 Å². The van der Waals surface area contributed by atoms with Crippen LogP contribution in [0.15, 0.2) is 40.9 Å². The summed E-state index contributed by atoms with van der Waals surface area (Å²) in [4.78, 5) is 9.09. The molecule has 7 heteroatoms. The van der Waals surface area contributed by atoms with Gasteiger partial charge in [0.2, 0.25) is 0 Å². The maximum atomic E-state index is 5.99. The maximum Gasteiger partial charge on any atom is 0.163 e. The molecule has 3 rings (SSSR count). The van der Waals surface area contributed by atoms with Crippen molar-refractivity contribution in [3.8, 4) is 11.5 Å². The topological polar surface area (TPSA) is 56.3 Å². The Labute approximate surface area is 165 Å². The molecule has 136 valence electrons. The van der Waals surface area contributed by atoms with Gasteiger partial charge in [0.1, 0.15) is 11.6 Å². The summed E-state index contributed by atoms with van der Waals surface area (Å²) in [5.74, 6) is 2.77. The average molecular weight is 437 g/mol. The van der Waals surface area contributed by atoms with Crippen LogP contribution in [0.25, 0.3) is 10.9 Å². The first kappa shape index (κ1) is 18.7. The van der Waals surface area contributed by atoms with E-state index in [0.717, 1.165) is 21.1 Å². The van der Waals surface area contributed by atoms with E-state index in [1.807, 2.05) is 50.2 Å². The molecule has 0 atom stereocenters. The number of ether oxygens (including phenoxy) is 2. The summed E-state index contributed by atoms with van der Waals surface area (Å²) in [5.41, 5.74) is 1.66. The fraction of sp³-hybridized carbons (Fsp3) is 0.263. The van der Waals surface area contributed by atoms with Crippen molar-refractivity contribution in [2.24, 2.45) is 0 Å². The first-order valence-electron chi connectivity index (χ1n) is 8.33. The highest BCUT2D eigenvalue weighted by Gasteiger charge is 2.14. The minimum atomic E-state index is 0.223. The third-order valence-electron chi connectivity index (χ3n) is 3.61. The van der Waals surface area contributed by atoms with Crippen molar-refractivity contribution < 1.29 is 9.47 Å². The number of hydrogen-bond donors (Lipinski definition) is 1. The summed E-state index contributed by atoms with van der Waals surface area (Å²) in [6.45, 7) is 4.96. The number of alkyl halides is 1. The molecule has 0 aliphatic rings. The first-order valence-corrected chi connectivity index (χ1v) is 9.66. The number of benzene rings is 2. The Morgan fingerprint density at radius 2 is 1.77 bits per heavy atom. The van der Waals surface area contributed by atoms with Gasteiger partial charge in [-0.3, -0.25) is 0 Å². The Morgan fingerprint density at radius 3 is 2.42 bits per heavy atom. The van der Waals surface area contributed by atoms with Crippen LogP contribution in [0.5, 0.6) is 11.5 Å². The van der Waals surface area contributed by atoms with Crippen LogP contribution < -0.4 is 14.8 Å². The van der Waals surface area contributed by atoms with E-state index in [1.165, 1.54) is 0 Å². The standard InChI is InChI=1S/C19H19BrClN3O2/c1-3-25-16-9-14-15(10-17(16)26-4-2)23-18(11-21)24-19(14)22-13-7-5-6-12(20)8-13/h5-10H,3-4,11H2,1-2H3,(H,22,23,24). The summed E-state index contributed by atoms with van der Waals surface area (Å²) in [7, 11) is 0. The molecule has 5 nitrogen and oxygen atoms in total. The fourth-order valence-corrected chi connectivity index (χ4v) is 3.10. The summed E-state index contributed by atoms with van der Waals surface area (Å²) in [6.07, 6.45) is 0. The zero-order valence-corrected chi connectivity index (χ0v) is 16.9. The second kappa shape index (κ2) is 8.56. The van der Waals surface area contributed by atoms with Crippen LogP contribution in [0.2, 0.25) is 0 Å². The van der Waals surface area contributed by atoms with Crippen LogP contribution in [0.4, 0.5) is 11.5 Å². The van der Waals surface area contributed by atoms with Gasteiger partial charge in [-0.15, -0.1) is 11.6 Å². The van der Waals surface area contributed by atoms with Gasteiger partial charge in [-0.25, -0.2) is 9.97 Å². The Kier molecular flexibility index (Phi) is 6.16. The number of aromatic nitrogens is 2. The van der Waals surface area contributed by atoms with Gasteiger partial charge in [-0.1, -0.05) is 22.0 Å². The molecule has 1 N–H and O–H groups in total. The quantitative estimate of drug-likeness (QED) is 0.483. The van der Waals surface area contributed by atoms with E-state index in [2.05, 4.69) is 31.2 Å². The first-order chi connectivity index (χ1) is 12.6. The number of halogens is 2. The highest BCUT2D eigenvalue weighted by molar-refractivity contribution is 9.10. The molecule has 0 amide bonds. The Bertz CT molecular complexity index is 921. The largest absolute Gasteiger partial charge is 0.490 e. The number of rotatable bonds is 7. The molecule has 0 aliphatic carbocycles. The van der Waals surface area contributed by atoms with Crippen LogP contribution >= 0.6 is 27.5 Å². The predicted molar refractivity (Wildman–Crippen MR) is 109 cm³/mol. The van der Waals surface area contributed by atoms with E-state index in [0.29, 0.717) is 36.4 Å². The molecule has 0 saturated carbocycles. The van der Waals surface area contributed by atoms with Crippen LogP contribution in [-0.4, -0.2) is 23.2 Å². The number of nitrogens with one attached hydrogen (secondary N) is 1. The highest BCUT2D eigenvalue weighted by atomic mass is 79.9. The van der Waals surface area contributed by atoms with E-state index in [9.17, 15) is 0 Å². The van der Waals surface area contributed by atoms with Crippen LogP contribution in [0, 0.1) is 0 Å². The van der Waals surface area contributed by atoms with Crippen molar-refractivity contribution in [1.29, 1.82) is 0 Å². The zero-order valence-electron chi connectivity index (χ0n) is 14.6. The van der Waals surface area contributed by atoms with E-state index in [-0.39, 0.29) is 5.88 Å². The van der Waals surface area contributed by atoms with Gasteiger partial charge in [0, 0.05) is 21.6 Å². The molecule has 2 aromatic carbocycles. The molecule has 0 fully saturated rings. The smallest absolute Gasteiger partial charge is 0.163 e. The summed E-state index contributed by atoms with van der Waals surface area (Å²) >= 11 is 9.48. The lowest BCUT2D eigenvalue weighted by Crippen LogP contribution is -2.03. The van der Waals surface area contributed by atoms with Crippen molar-refractivity contribution in [3.63, 3.8) is 0 Å². The summed E-state index contributed by atoms with van der Waals surface area (Å²) < 4.78 is 12.4. The molecule has 0 saturated heterocycles. The SMILES string of the molecule is CCOc1cc2nc(CCl)nc(Nc3cccc(Br)c3)c2cc1OCC. The Morgan fingerprint density at radius 1 is 1.04 bits per heavy atom. The lowest BCUT2D eigenvalue weighted by Gasteiger charge is -2.15. The minimum Gasteiger partial charge on any atom is -0.490 e. The van der Waals surface area contributed by atoms with Crippen molar-refractivity contribution >= 4 is 49.9 Å². The third-order valence-corrected chi connectivity index (χ3v) is 4.35. The molecule has 0 spiro atoms. The average Bonchev–Trinajstić information content (AvgIpc) is 2.63. The number of fused-ring (bicyclic) bond motifs is 1. The van der Waals surface area contributed by atoms with Crippen molar-refractivity contribution in [2.45, 2.75) is 19.7 Å². The van der Waals surface area contributed by atoms with Gasteiger partial charge in [0.25, 0.3) is 0 Å². The molecule has 0 unspecified atom stereocenters. The monoisotopic (exact) mass is 435 g/mol. The molecule has 0 aliphatic heterocycles. The lowest BCUT2D eigenvalue weighted by atomic mass is 10.2. The van der Waals surface area contributed by atoms with E-state index in [1.54, 1.807) is 0 Å². The van der Waals surface area contributed by atoms with Crippen molar-refractivity contribution in [2.75, 3.05) is 18.5 Å². The van der Waals surface area contributed by atoms with E-state index in [4.69, 9.17) is 21.1 Å². The molecule has 26 heavy (non-hydrogen) atoms. The predicted octanol–water partition coefficient (Wildman–Crippen LogP) is 5.67. The fourth-order valence-electron chi connectivity index (χ4n) is 2.58. The number of nitrogens with zero attached hydrogens (tertiary/aromatic N) is 2. The number of anilines is 2. The molecule has 0 bridgehead atoms. The van der Waals surface area contributed by atoms with E-state index >= 15 is 0 Å². The van der Waals surface area contributed by atoms with Crippen molar-refractivity contribution in [3.05, 3.63) is 46.7 Å². The lowest BCUT2D eigenvalue weighted by molar-refractivity contribution is 0.288. The Balaban J connectivity index is 2.14. The van der Waals surface area contributed by atoms with Gasteiger partial charge in [-0.05, 0) is 38.1 Å². The van der Waals surface area contributed by atoms with Gasteiger partial charge in [-0.2, -0.15) is 0 Å². The van der Waals surface area contributed by atoms with Crippen LogP contribution in [0.3, 0.4) is 0 Å². The van der Waals surface area contributed by atoms with Gasteiger partial charge in [0.05, 0.1) is 24.6 Å². The molecular formula is C19H19BrClN3O2. The number of hydrogen-bond acceptors (Lipinski definition) is 5. The summed E-state index contributed by atoms with van der Waals surface area (Å²) in [5, 5.41) is 4.19. The van der Waals surface area contributed by atoms with Crippen LogP contribution in [-0.2, 0) is 5.88 Å². The minimum absolute atomic E-state index is 0.223. The third kappa shape index (κ3) is 4.19. The molecule has 1 aromatic heterocycles. The van der Waals surface area contributed by atoms with Gasteiger partial charge in [0.15, 0.2) is 11.5 Å². The summed E-state index contributed by atoms with van der Waals surface area (Å²) in [6, 6.07) is 11.6. The highest BCUT2D eigenvalue weighted by Crippen LogP contribution is 2.35. The second-order valence-corrected chi connectivity index (χ2v) is 6.62. The molecule has 3 aromatic rings. The molecule has 1 heterocycles. The maximum absolute atomic E-state index is 5.99. The van der Waals surface area contributed by atoms with Crippen LogP contribution in [0.1, 0.15) is 19.7 Å². The Hall–Kier alpha value is -2.05. The molecular weight excluding hydrogens is 418 g/mol. The second-order valence-electron chi connectivity index (χ2n) is 5.44. The molecule has 0 radical (unpaired) electrons.